The van der Waals surface area contributed by atoms with E-state index in [4.69, 9.17) is 4.79 Å². The van der Waals surface area contributed by atoms with Crippen molar-refractivity contribution >= 4 is 6.29 Å². The Labute approximate surface area is 52.2 Å². The van der Waals surface area contributed by atoms with Crippen molar-refractivity contribution in [1.29, 1.82) is 0 Å². The van der Waals surface area contributed by atoms with E-state index in [0.29, 0.717) is 0 Å². The third-order valence-electron chi connectivity index (χ3n) is 0.116. The third kappa shape index (κ3) is 10.7. The number of carbonyl (C=O) groups excluding carboxylic acids is 1. The normalized spacial score (nSPS) is 9.57. The predicted octanol–water partition coefficient (Wildman–Crippen LogP) is 0.656. The molecule has 0 aromatic heterocycles. The van der Waals surface area contributed by atoms with E-state index in [-0.39, 0.29) is 27.4 Å². The molecule has 0 heterocycles. The molecule has 0 atom stereocenters. The van der Waals surface area contributed by atoms with Crippen LogP contribution in [-0.2, 0) is 25.9 Å². The molecule has 0 aliphatic heterocycles. The van der Waals surface area contributed by atoms with Gasteiger partial charge in [-0.25, -0.2) is 13.2 Å². The number of rotatable bonds is 0. The van der Waals surface area contributed by atoms with Crippen LogP contribution in [-0.4, -0.2) is 12.5 Å². The molecule has 0 N–H and O–H groups in total. The standard InChI is InChI=1S/C2F3O.Pt/c3-2(4,5)1-6;/q-1;. The molecule has 0 aliphatic rings. The van der Waals surface area contributed by atoms with Crippen LogP contribution in [0.4, 0.5) is 13.2 Å². The van der Waals surface area contributed by atoms with Gasteiger partial charge in [0.05, 0.1) is 0 Å². The first kappa shape index (κ1) is 10.2. The van der Waals surface area contributed by atoms with E-state index in [1.807, 2.05) is 0 Å². The largest absolute Gasteiger partial charge is 0.533 e. The van der Waals surface area contributed by atoms with Crippen LogP contribution >= 0.6 is 0 Å². The summed E-state index contributed by atoms with van der Waals surface area (Å²) in [4.78, 5) is 8.58. The smallest absolute Gasteiger partial charge is 0.298 e. The average molecular weight is 292 g/mol. The van der Waals surface area contributed by atoms with Gasteiger partial charge < -0.3 is 4.79 Å². The minimum atomic E-state index is -4.76. The summed E-state index contributed by atoms with van der Waals surface area (Å²) in [5.41, 5.74) is 0. The molecule has 1 nitrogen and oxygen atoms in total. The topological polar surface area (TPSA) is 17.1 Å². The van der Waals surface area contributed by atoms with E-state index in [1.54, 1.807) is 0 Å². The van der Waals surface area contributed by atoms with E-state index >= 15 is 0 Å². The summed E-state index contributed by atoms with van der Waals surface area (Å²) in [6.45, 7) is 0. The van der Waals surface area contributed by atoms with Crippen molar-refractivity contribution < 1.29 is 39.0 Å². The number of hydrogen-bond acceptors (Lipinski definition) is 1. The quantitative estimate of drug-likeness (QED) is 0.599. The molecule has 0 saturated heterocycles. The van der Waals surface area contributed by atoms with Gasteiger partial charge in [-0.2, -0.15) is 6.29 Å². The molecule has 5 heteroatoms. The monoisotopic (exact) mass is 292 g/mol. The van der Waals surface area contributed by atoms with Crippen molar-refractivity contribution in [2.45, 2.75) is 6.18 Å². The summed E-state index contributed by atoms with van der Waals surface area (Å²) in [5.74, 6) is 0. The van der Waals surface area contributed by atoms with Gasteiger partial charge in [-0.3, -0.25) is 0 Å². The predicted molar refractivity (Wildman–Crippen MR) is 11.7 cm³/mol. The fourth-order valence-electron chi connectivity index (χ4n) is 0. The zero-order valence-electron chi connectivity index (χ0n) is 2.86. The minimum Gasteiger partial charge on any atom is -0.533 e. The molecule has 0 amide bonds. The van der Waals surface area contributed by atoms with Crippen LogP contribution in [0.1, 0.15) is 0 Å². The van der Waals surface area contributed by atoms with Crippen molar-refractivity contribution in [1.82, 2.24) is 0 Å². The van der Waals surface area contributed by atoms with Crippen molar-refractivity contribution in [2.24, 2.45) is 0 Å². The summed E-state index contributed by atoms with van der Waals surface area (Å²) in [6.07, 6.45) is -4.91. The first-order valence-corrected chi connectivity index (χ1v) is 1.02. The molecule has 0 spiro atoms. The summed E-state index contributed by atoms with van der Waals surface area (Å²) in [6, 6.07) is 0. The van der Waals surface area contributed by atoms with Crippen molar-refractivity contribution in [3.8, 4) is 0 Å². The Kier molecular flexibility index (Phi) is 4.64. The third-order valence-corrected chi connectivity index (χ3v) is 0.116. The minimum absolute atomic E-state index is 0. The summed E-state index contributed by atoms with van der Waals surface area (Å²) >= 11 is 0. The van der Waals surface area contributed by atoms with Gasteiger partial charge in [-0.1, -0.05) is 0 Å². The number of halogens is 3. The summed E-state index contributed by atoms with van der Waals surface area (Å²) in [5, 5.41) is 0. The summed E-state index contributed by atoms with van der Waals surface area (Å²) in [7, 11) is 0. The summed E-state index contributed by atoms with van der Waals surface area (Å²) < 4.78 is 31.1. The number of alkyl halides is 3. The first-order chi connectivity index (χ1) is 2.56. The van der Waals surface area contributed by atoms with Crippen LogP contribution in [0.5, 0.6) is 0 Å². The Balaban J connectivity index is 0. The van der Waals surface area contributed by atoms with Crippen molar-refractivity contribution in [3.05, 3.63) is 0 Å². The van der Waals surface area contributed by atoms with Gasteiger partial charge in [0.2, 0.25) is 0 Å². The Morgan fingerprint density at radius 1 is 1.29 bits per heavy atom. The molecule has 0 bridgehead atoms. The molecule has 0 aromatic rings. The van der Waals surface area contributed by atoms with Gasteiger partial charge in [0.25, 0.3) is 6.18 Å². The SMILES string of the molecule is O=[C-]C(F)(F)F.[Pt]. The van der Waals surface area contributed by atoms with Crippen LogP contribution in [0.25, 0.3) is 0 Å². The number of hydrogen-bond donors (Lipinski definition) is 0. The van der Waals surface area contributed by atoms with E-state index in [2.05, 4.69) is 0 Å². The maximum Gasteiger partial charge on any atom is 0.298 e. The molecular formula is C2F3OPt-. The van der Waals surface area contributed by atoms with Gasteiger partial charge in [0.15, 0.2) is 0 Å². The van der Waals surface area contributed by atoms with Gasteiger partial charge in [-0.05, 0) is 0 Å². The zero-order valence-corrected chi connectivity index (χ0v) is 5.13. The van der Waals surface area contributed by atoms with E-state index in [0.717, 1.165) is 0 Å². The van der Waals surface area contributed by atoms with E-state index in [9.17, 15) is 13.2 Å². The van der Waals surface area contributed by atoms with Crippen LogP contribution < -0.4 is 0 Å². The van der Waals surface area contributed by atoms with Crippen molar-refractivity contribution in [3.63, 3.8) is 0 Å². The zero-order chi connectivity index (χ0) is 5.21. The van der Waals surface area contributed by atoms with Crippen molar-refractivity contribution in [2.75, 3.05) is 0 Å². The van der Waals surface area contributed by atoms with Crippen LogP contribution in [0.2, 0.25) is 0 Å². The Bertz CT molecular complexity index is 58.4. The molecule has 0 fully saturated rings. The fourth-order valence-corrected chi connectivity index (χ4v) is 0. The Morgan fingerprint density at radius 2 is 1.43 bits per heavy atom. The molecule has 0 saturated carbocycles. The van der Waals surface area contributed by atoms with Gasteiger partial charge in [0.1, 0.15) is 0 Å². The van der Waals surface area contributed by atoms with Crippen LogP contribution in [0.3, 0.4) is 0 Å². The molecule has 0 radical (unpaired) electrons. The molecule has 0 unspecified atom stereocenters. The second-order valence-corrected chi connectivity index (χ2v) is 0.600. The molecule has 0 aliphatic carbocycles. The van der Waals surface area contributed by atoms with Gasteiger partial charge in [0, 0.05) is 21.1 Å². The maximum atomic E-state index is 10.4. The second-order valence-electron chi connectivity index (χ2n) is 0.600. The van der Waals surface area contributed by atoms with Gasteiger partial charge in [-0.15, -0.1) is 0 Å². The molecule has 0 aromatic carbocycles. The molecule has 7 heavy (non-hydrogen) atoms. The molecule has 46 valence electrons. The molecular weight excluding hydrogens is 292 g/mol. The van der Waals surface area contributed by atoms with Crippen LogP contribution in [0.15, 0.2) is 0 Å². The Morgan fingerprint density at radius 3 is 1.43 bits per heavy atom. The van der Waals surface area contributed by atoms with E-state index < -0.39 is 6.18 Å². The Hall–Kier alpha value is 0.148. The maximum absolute atomic E-state index is 10.4. The average Bonchev–Trinajstić information content (AvgIpc) is 1.35. The molecule has 0 rings (SSSR count). The second kappa shape index (κ2) is 3.19. The fraction of sp³-hybridized carbons (Fsp3) is 0.500. The van der Waals surface area contributed by atoms with Crippen LogP contribution in [0, 0.1) is 0 Å². The van der Waals surface area contributed by atoms with Gasteiger partial charge >= 0.3 is 0 Å². The van der Waals surface area contributed by atoms with E-state index in [1.165, 1.54) is 0 Å². The first-order valence-electron chi connectivity index (χ1n) is 1.02.